The van der Waals surface area contributed by atoms with Crippen LogP contribution in [0.5, 0.6) is 0 Å². The number of hydrogen-bond donors (Lipinski definition) is 0. The van der Waals surface area contributed by atoms with Crippen molar-refractivity contribution in [1.29, 1.82) is 0 Å². The number of carbonyl (C=O) groups excluding carboxylic acids is 1. The number of anilines is 2. The number of para-hydroxylation sites is 2. The van der Waals surface area contributed by atoms with Crippen LogP contribution in [0.1, 0.15) is 43.5 Å². The minimum Gasteiger partial charge on any atom is -0.342 e. The van der Waals surface area contributed by atoms with Gasteiger partial charge in [0, 0.05) is 44.4 Å². The summed E-state index contributed by atoms with van der Waals surface area (Å²) in [7, 11) is 1.91. The zero-order valence-electron chi connectivity index (χ0n) is 22.0. The maximum Gasteiger partial charge on any atom is 0.261 e. The van der Waals surface area contributed by atoms with E-state index >= 15 is 0 Å². The molecular formula is C29H33FN6O2. The minimum absolute atomic E-state index is 0.117. The molecule has 0 amide bonds. The average Bonchev–Trinajstić information content (AvgIpc) is 3.31. The van der Waals surface area contributed by atoms with Gasteiger partial charge in [-0.05, 0) is 49.1 Å². The highest BCUT2D eigenvalue weighted by atomic mass is 19.1. The number of carbonyl (C=O) groups is 1. The van der Waals surface area contributed by atoms with Gasteiger partial charge in [0.05, 0.1) is 17.6 Å². The van der Waals surface area contributed by atoms with Crippen LogP contribution in [0.3, 0.4) is 0 Å². The molecule has 5 rings (SSSR count). The average molecular weight is 517 g/mol. The number of benzene rings is 2. The smallest absolute Gasteiger partial charge is 0.261 e. The molecule has 198 valence electrons. The summed E-state index contributed by atoms with van der Waals surface area (Å²) in [6.07, 6.45) is 3.76. The summed E-state index contributed by atoms with van der Waals surface area (Å²) in [5.74, 6) is 0.544. The summed E-state index contributed by atoms with van der Waals surface area (Å²) < 4.78 is 16.9. The van der Waals surface area contributed by atoms with E-state index in [1.54, 1.807) is 0 Å². The third kappa shape index (κ3) is 4.92. The third-order valence-corrected chi connectivity index (χ3v) is 7.58. The van der Waals surface area contributed by atoms with Crippen molar-refractivity contribution in [2.75, 3.05) is 29.9 Å². The molecule has 38 heavy (non-hydrogen) atoms. The van der Waals surface area contributed by atoms with Gasteiger partial charge in [-0.3, -0.25) is 9.59 Å². The Morgan fingerprint density at radius 3 is 2.53 bits per heavy atom. The lowest BCUT2D eigenvalue weighted by Crippen LogP contribution is -2.47. The molecule has 2 aromatic carbocycles. The molecule has 1 aliphatic heterocycles. The zero-order chi connectivity index (χ0) is 26.8. The van der Waals surface area contributed by atoms with Gasteiger partial charge in [0.25, 0.3) is 5.56 Å². The lowest BCUT2D eigenvalue weighted by molar-refractivity contribution is 0.0837. The summed E-state index contributed by atoms with van der Waals surface area (Å²) in [5.41, 5.74) is 2.61. The van der Waals surface area contributed by atoms with Crippen molar-refractivity contribution in [3.8, 4) is 0 Å². The first-order valence-corrected chi connectivity index (χ1v) is 13.2. The van der Waals surface area contributed by atoms with Crippen molar-refractivity contribution in [3.05, 3.63) is 82.5 Å². The van der Waals surface area contributed by atoms with Gasteiger partial charge >= 0.3 is 0 Å². The Kier molecular flexibility index (Phi) is 7.26. The molecule has 4 aromatic rings. The van der Waals surface area contributed by atoms with E-state index in [1.807, 2.05) is 56.1 Å². The predicted octanol–water partition coefficient (Wildman–Crippen LogP) is 4.57. The molecular weight excluding hydrogens is 483 g/mol. The fourth-order valence-electron chi connectivity index (χ4n) is 5.10. The van der Waals surface area contributed by atoms with Gasteiger partial charge in [0.15, 0.2) is 0 Å². The molecule has 3 heterocycles. The number of imidazole rings is 1. The monoisotopic (exact) mass is 516 g/mol. The second kappa shape index (κ2) is 10.8. The highest BCUT2D eigenvalue weighted by Crippen LogP contribution is 2.28. The van der Waals surface area contributed by atoms with Crippen LogP contribution in [0, 0.1) is 11.7 Å². The predicted molar refractivity (Wildman–Crippen MR) is 147 cm³/mol. The lowest BCUT2D eigenvalue weighted by Gasteiger charge is -2.38. The molecule has 1 fully saturated rings. The standard InChI is InChI=1S/C29H33FN6O2/c1-4-20(2)27(38)36-26(37)13-16-31-28(36)33(3)23-14-17-34(18-15-23)29-32-24-7-5-6-8-25(24)35(29)19-21-9-11-22(30)12-10-21/h5-13,16,20,23H,4,14-15,17-19H2,1-3H3. The van der Waals surface area contributed by atoms with Crippen molar-refractivity contribution in [1.82, 2.24) is 19.1 Å². The van der Waals surface area contributed by atoms with Crippen LogP contribution in [0.25, 0.3) is 11.0 Å². The van der Waals surface area contributed by atoms with Crippen molar-refractivity contribution < 1.29 is 9.18 Å². The lowest BCUT2D eigenvalue weighted by atomic mass is 10.0. The first kappa shape index (κ1) is 25.6. The Balaban J connectivity index is 1.38. The highest BCUT2D eigenvalue weighted by molar-refractivity contribution is 5.83. The summed E-state index contributed by atoms with van der Waals surface area (Å²) in [4.78, 5) is 39.3. The number of hydrogen-bond acceptors (Lipinski definition) is 6. The van der Waals surface area contributed by atoms with Crippen molar-refractivity contribution >= 4 is 28.8 Å². The first-order valence-electron chi connectivity index (χ1n) is 13.2. The molecule has 0 aliphatic carbocycles. The van der Waals surface area contributed by atoms with E-state index in [-0.39, 0.29) is 29.2 Å². The van der Waals surface area contributed by atoms with Gasteiger partial charge in [0.2, 0.25) is 17.8 Å². The molecule has 0 bridgehead atoms. The van der Waals surface area contributed by atoms with Crippen LogP contribution >= 0.6 is 0 Å². The SMILES string of the molecule is CCC(C)C(=O)n1c(N(C)C2CCN(c3nc4ccccc4n3Cc3ccc(F)cc3)CC2)nccc1=O. The number of halogens is 1. The van der Waals surface area contributed by atoms with Crippen LogP contribution in [0.15, 0.2) is 65.6 Å². The maximum atomic E-state index is 13.5. The molecule has 2 aromatic heterocycles. The van der Waals surface area contributed by atoms with Crippen LogP contribution in [-0.2, 0) is 6.54 Å². The Hall–Kier alpha value is -4.01. The van der Waals surface area contributed by atoms with Crippen LogP contribution < -0.4 is 15.4 Å². The van der Waals surface area contributed by atoms with E-state index < -0.39 is 0 Å². The summed E-state index contributed by atoms with van der Waals surface area (Å²) in [6, 6.07) is 16.1. The summed E-state index contributed by atoms with van der Waals surface area (Å²) in [5, 5.41) is 0. The Labute approximate surface area is 221 Å². The first-order chi connectivity index (χ1) is 18.4. The Bertz CT molecular complexity index is 1490. The maximum absolute atomic E-state index is 13.5. The van der Waals surface area contributed by atoms with E-state index in [1.165, 1.54) is 29.0 Å². The molecule has 8 nitrogen and oxygen atoms in total. The topological polar surface area (TPSA) is 76.3 Å². The number of nitrogens with zero attached hydrogens (tertiary/aromatic N) is 6. The van der Waals surface area contributed by atoms with E-state index in [0.29, 0.717) is 18.9 Å². The van der Waals surface area contributed by atoms with Gasteiger partial charge in [-0.2, -0.15) is 0 Å². The highest BCUT2D eigenvalue weighted by Gasteiger charge is 2.29. The minimum atomic E-state index is -0.348. The summed E-state index contributed by atoms with van der Waals surface area (Å²) >= 11 is 0. The Morgan fingerprint density at radius 1 is 1.11 bits per heavy atom. The molecule has 0 N–H and O–H groups in total. The normalized spacial score (nSPS) is 15.1. The number of aromatic nitrogens is 4. The van der Waals surface area contributed by atoms with Gasteiger partial charge in [-0.1, -0.05) is 38.1 Å². The number of rotatable bonds is 7. The molecule has 0 radical (unpaired) electrons. The van der Waals surface area contributed by atoms with Gasteiger partial charge in [0.1, 0.15) is 5.82 Å². The molecule has 1 aliphatic rings. The molecule has 0 spiro atoms. The zero-order valence-corrected chi connectivity index (χ0v) is 22.0. The summed E-state index contributed by atoms with van der Waals surface area (Å²) in [6.45, 7) is 5.89. The second-order valence-corrected chi connectivity index (χ2v) is 10.0. The van der Waals surface area contributed by atoms with E-state index in [2.05, 4.69) is 20.5 Å². The fourth-order valence-corrected chi connectivity index (χ4v) is 5.10. The van der Waals surface area contributed by atoms with Crippen LogP contribution in [0.2, 0.25) is 0 Å². The molecule has 1 saturated heterocycles. The molecule has 9 heteroatoms. The largest absolute Gasteiger partial charge is 0.342 e. The van der Waals surface area contributed by atoms with Crippen molar-refractivity contribution in [2.45, 2.75) is 45.7 Å². The fraction of sp³-hybridized carbons (Fsp3) is 0.379. The van der Waals surface area contributed by atoms with Crippen LogP contribution in [-0.4, -0.2) is 51.2 Å². The molecule has 0 saturated carbocycles. The van der Waals surface area contributed by atoms with E-state index in [0.717, 1.165) is 48.5 Å². The Morgan fingerprint density at radius 2 is 1.82 bits per heavy atom. The van der Waals surface area contributed by atoms with Gasteiger partial charge < -0.3 is 14.4 Å². The van der Waals surface area contributed by atoms with E-state index in [9.17, 15) is 14.0 Å². The number of fused-ring (bicyclic) bond motifs is 1. The van der Waals surface area contributed by atoms with Crippen molar-refractivity contribution in [2.24, 2.45) is 5.92 Å². The molecule has 1 atom stereocenters. The van der Waals surface area contributed by atoms with Gasteiger partial charge in [-0.25, -0.2) is 18.9 Å². The van der Waals surface area contributed by atoms with Crippen molar-refractivity contribution in [3.63, 3.8) is 0 Å². The van der Waals surface area contributed by atoms with E-state index in [4.69, 9.17) is 4.98 Å². The van der Waals surface area contributed by atoms with Gasteiger partial charge in [-0.15, -0.1) is 0 Å². The second-order valence-electron chi connectivity index (χ2n) is 10.0. The quantitative estimate of drug-likeness (QED) is 0.358. The third-order valence-electron chi connectivity index (χ3n) is 7.58. The molecule has 1 unspecified atom stereocenters. The van der Waals surface area contributed by atoms with Crippen LogP contribution in [0.4, 0.5) is 16.3 Å². The number of piperidine rings is 1.